The predicted octanol–water partition coefficient (Wildman–Crippen LogP) is 2.72. The first-order chi connectivity index (χ1) is 10.7. The number of carbonyl (C=O) groups is 2. The molecule has 124 valence electrons. The molecule has 0 aromatic carbocycles. The monoisotopic (exact) mass is 306 g/mol. The lowest BCUT2D eigenvalue weighted by atomic mass is 9.95. The van der Waals surface area contributed by atoms with Crippen LogP contribution in [0, 0.1) is 17.8 Å². The van der Waals surface area contributed by atoms with Crippen molar-refractivity contribution >= 4 is 11.8 Å². The molecule has 3 aliphatic rings. The SMILES string of the molecule is O=C(NCC1CCN(C(=O)C2CCCC2)CC1)C1CCCC1. The van der Waals surface area contributed by atoms with E-state index in [4.69, 9.17) is 0 Å². The molecule has 0 radical (unpaired) electrons. The van der Waals surface area contributed by atoms with Gasteiger partial charge in [0.15, 0.2) is 0 Å². The summed E-state index contributed by atoms with van der Waals surface area (Å²) in [5.74, 6) is 1.79. The second kappa shape index (κ2) is 7.47. The zero-order valence-electron chi connectivity index (χ0n) is 13.7. The van der Waals surface area contributed by atoms with Crippen molar-refractivity contribution in [2.75, 3.05) is 19.6 Å². The first-order valence-electron chi connectivity index (χ1n) is 9.30. The summed E-state index contributed by atoms with van der Waals surface area (Å²) in [5, 5.41) is 3.15. The molecule has 0 atom stereocenters. The second-order valence-corrected chi connectivity index (χ2v) is 7.48. The van der Waals surface area contributed by atoms with Gasteiger partial charge in [0.05, 0.1) is 0 Å². The number of nitrogens with one attached hydrogen (secondary N) is 1. The van der Waals surface area contributed by atoms with Crippen LogP contribution >= 0.6 is 0 Å². The maximum absolute atomic E-state index is 12.4. The number of piperidine rings is 1. The zero-order valence-corrected chi connectivity index (χ0v) is 13.7. The van der Waals surface area contributed by atoms with Crippen molar-refractivity contribution in [1.29, 1.82) is 0 Å². The summed E-state index contributed by atoms with van der Waals surface area (Å²) in [4.78, 5) is 26.5. The Morgan fingerprint density at radius 2 is 1.36 bits per heavy atom. The van der Waals surface area contributed by atoms with Gasteiger partial charge in [-0.3, -0.25) is 9.59 Å². The van der Waals surface area contributed by atoms with E-state index in [2.05, 4.69) is 10.2 Å². The Morgan fingerprint density at radius 3 is 1.95 bits per heavy atom. The van der Waals surface area contributed by atoms with E-state index >= 15 is 0 Å². The molecule has 1 aliphatic heterocycles. The van der Waals surface area contributed by atoms with E-state index in [0.29, 0.717) is 17.7 Å². The molecule has 2 saturated carbocycles. The zero-order chi connectivity index (χ0) is 15.4. The van der Waals surface area contributed by atoms with Crippen molar-refractivity contribution in [1.82, 2.24) is 10.2 Å². The molecule has 0 unspecified atom stereocenters. The van der Waals surface area contributed by atoms with E-state index in [1.807, 2.05) is 0 Å². The summed E-state index contributed by atoms with van der Waals surface area (Å²) in [6, 6.07) is 0. The van der Waals surface area contributed by atoms with Gasteiger partial charge in [0.2, 0.25) is 11.8 Å². The molecule has 4 heteroatoms. The highest BCUT2D eigenvalue weighted by Crippen LogP contribution is 2.28. The van der Waals surface area contributed by atoms with Crippen LogP contribution < -0.4 is 5.32 Å². The predicted molar refractivity (Wildman–Crippen MR) is 86.2 cm³/mol. The van der Waals surface area contributed by atoms with Gasteiger partial charge in [0, 0.05) is 31.5 Å². The second-order valence-electron chi connectivity index (χ2n) is 7.48. The van der Waals surface area contributed by atoms with Gasteiger partial charge >= 0.3 is 0 Å². The third-order valence-corrected chi connectivity index (χ3v) is 5.92. The van der Waals surface area contributed by atoms with E-state index in [-0.39, 0.29) is 11.8 Å². The van der Waals surface area contributed by atoms with Gasteiger partial charge < -0.3 is 10.2 Å². The van der Waals surface area contributed by atoms with Gasteiger partial charge in [-0.1, -0.05) is 25.7 Å². The molecule has 0 spiro atoms. The van der Waals surface area contributed by atoms with Gasteiger partial charge in [-0.15, -0.1) is 0 Å². The summed E-state index contributed by atoms with van der Waals surface area (Å²) in [5.41, 5.74) is 0. The first kappa shape index (κ1) is 15.8. The van der Waals surface area contributed by atoms with Crippen LogP contribution in [0.2, 0.25) is 0 Å². The molecule has 0 aromatic heterocycles. The number of amides is 2. The summed E-state index contributed by atoms with van der Waals surface area (Å²) < 4.78 is 0. The molecule has 1 N–H and O–H groups in total. The maximum atomic E-state index is 12.4. The fraction of sp³-hybridized carbons (Fsp3) is 0.889. The highest BCUT2D eigenvalue weighted by Gasteiger charge is 2.30. The Morgan fingerprint density at radius 1 is 0.818 bits per heavy atom. The average Bonchev–Trinajstić information content (AvgIpc) is 3.25. The largest absolute Gasteiger partial charge is 0.356 e. The van der Waals surface area contributed by atoms with Gasteiger partial charge in [0.25, 0.3) is 0 Å². The normalized spacial score (nSPS) is 24.8. The van der Waals surface area contributed by atoms with Crippen molar-refractivity contribution in [2.45, 2.75) is 64.2 Å². The number of hydrogen-bond donors (Lipinski definition) is 1. The molecule has 2 aliphatic carbocycles. The van der Waals surface area contributed by atoms with Gasteiger partial charge in [-0.25, -0.2) is 0 Å². The van der Waals surface area contributed by atoms with Crippen molar-refractivity contribution < 1.29 is 9.59 Å². The summed E-state index contributed by atoms with van der Waals surface area (Å²) in [7, 11) is 0. The summed E-state index contributed by atoms with van der Waals surface area (Å²) >= 11 is 0. The quantitative estimate of drug-likeness (QED) is 0.868. The minimum Gasteiger partial charge on any atom is -0.356 e. The lowest BCUT2D eigenvalue weighted by molar-refractivity contribution is -0.137. The van der Waals surface area contributed by atoms with Crippen LogP contribution in [0.3, 0.4) is 0 Å². The fourth-order valence-electron chi connectivity index (χ4n) is 4.37. The number of carbonyl (C=O) groups excluding carboxylic acids is 2. The van der Waals surface area contributed by atoms with Gasteiger partial charge in [-0.2, -0.15) is 0 Å². The first-order valence-corrected chi connectivity index (χ1v) is 9.30. The average molecular weight is 306 g/mol. The number of nitrogens with zero attached hydrogens (tertiary/aromatic N) is 1. The Bertz CT molecular complexity index is 390. The van der Waals surface area contributed by atoms with Crippen LogP contribution in [-0.2, 0) is 9.59 Å². The summed E-state index contributed by atoms with van der Waals surface area (Å²) in [6.45, 7) is 2.58. The van der Waals surface area contributed by atoms with Crippen LogP contribution in [0.25, 0.3) is 0 Å². The Balaban J connectivity index is 1.36. The van der Waals surface area contributed by atoms with E-state index in [1.54, 1.807) is 0 Å². The van der Waals surface area contributed by atoms with Crippen LogP contribution in [0.15, 0.2) is 0 Å². The molecule has 3 fully saturated rings. The number of hydrogen-bond acceptors (Lipinski definition) is 2. The van der Waals surface area contributed by atoms with E-state index in [9.17, 15) is 9.59 Å². The minimum absolute atomic E-state index is 0.266. The molecule has 1 heterocycles. The van der Waals surface area contributed by atoms with Gasteiger partial charge in [-0.05, 0) is 44.4 Å². The van der Waals surface area contributed by atoms with Crippen LogP contribution in [0.1, 0.15) is 64.2 Å². The molecular weight excluding hydrogens is 276 g/mol. The highest BCUT2D eigenvalue weighted by molar-refractivity contribution is 5.79. The standard InChI is InChI=1S/C18H30N2O2/c21-17(15-5-1-2-6-15)19-13-14-9-11-20(12-10-14)18(22)16-7-3-4-8-16/h14-16H,1-13H2,(H,19,21). The van der Waals surface area contributed by atoms with Gasteiger partial charge in [0.1, 0.15) is 0 Å². The van der Waals surface area contributed by atoms with Crippen LogP contribution in [0.4, 0.5) is 0 Å². The van der Waals surface area contributed by atoms with Crippen molar-refractivity contribution in [3.63, 3.8) is 0 Å². The summed E-state index contributed by atoms with van der Waals surface area (Å²) in [6.07, 6.45) is 11.3. The molecule has 0 aromatic rings. The smallest absolute Gasteiger partial charge is 0.225 e. The maximum Gasteiger partial charge on any atom is 0.225 e. The highest BCUT2D eigenvalue weighted by atomic mass is 16.2. The number of rotatable bonds is 4. The third kappa shape index (κ3) is 3.82. The molecule has 1 saturated heterocycles. The van der Waals surface area contributed by atoms with Crippen molar-refractivity contribution in [3.8, 4) is 0 Å². The lowest BCUT2D eigenvalue weighted by Gasteiger charge is -2.33. The Kier molecular flexibility index (Phi) is 5.37. The fourth-order valence-corrected chi connectivity index (χ4v) is 4.37. The molecule has 2 amide bonds. The van der Waals surface area contributed by atoms with E-state index < -0.39 is 0 Å². The van der Waals surface area contributed by atoms with Crippen molar-refractivity contribution in [3.05, 3.63) is 0 Å². The minimum atomic E-state index is 0.266. The Labute approximate surface area is 134 Å². The molecule has 0 bridgehead atoms. The van der Waals surface area contributed by atoms with E-state index in [0.717, 1.165) is 58.2 Å². The third-order valence-electron chi connectivity index (χ3n) is 5.92. The number of likely N-dealkylation sites (tertiary alicyclic amines) is 1. The van der Waals surface area contributed by atoms with Crippen molar-refractivity contribution in [2.24, 2.45) is 17.8 Å². The molecule has 4 nitrogen and oxygen atoms in total. The molecular formula is C18H30N2O2. The lowest BCUT2D eigenvalue weighted by Crippen LogP contribution is -2.44. The molecule has 22 heavy (non-hydrogen) atoms. The van der Waals surface area contributed by atoms with Crippen LogP contribution in [0.5, 0.6) is 0 Å². The van der Waals surface area contributed by atoms with E-state index in [1.165, 1.54) is 25.7 Å². The van der Waals surface area contributed by atoms with Crippen LogP contribution in [-0.4, -0.2) is 36.3 Å². The Hall–Kier alpha value is -1.06. The topological polar surface area (TPSA) is 49.4 Å². The molecule has 3 rings (SSSR count).